The number of anilines is 2. The van der Waals surface area contributed by atoms with Gasteiger partial charge in [0.1, 0.15) is 6.54 Å². The molecular weight excluding hydrogens is 380 g/mol. The summed E-state index contributed by atoms with van der Waals surface area (Å²) in [4.78, 5) is 29.0. The summed E-state index contributed by atoms with van der Waals surface area (Å²) in [6, 6.07) is 8.22. The van der Waals surface area contributed by atoms with Crippen LogP contribution in [0.3, 0.4) is 0 Å². The zero-order valence-electron chi connectivity index (χ0n) is 15.7. The van der Waals surface area contributed by atoms with Crippen molar-refractivity contribution in [2.24, 2.45) is 5.92 Å². The molecule has 3 N–H and O–H groups in total. The Labute approximate surface area is 167 Å². The molecule has 1 aliphatic heterocycles. The molecule has 0 aliphatic carbocycles. The first-order valence-corrected chi connectivity index (χ1v) is 9.99. The molecule has 2 aromatic rings. The molecule has 3 rings (SSSR count). The van der Waals surface area contributed by atoms with Crippen LogP contribution in [0.15, 0.2) is 29.6 Å². The van der Waals surface area contributed by atoms with Crippen LogP contribution in [-0.2, 0) is 9.53 Å². The lowest BCUT2D eigenvalue weighted by atomic mass is 9.98. The summed E-state index contributed by atoms with van der Waals surface area (Å²) < 4.78 is 5.32. The van der Waals surface area contributed by atoms with Crippen molar-refractivity contribution in [3.05, 3.63) is 29.6 Å². The average molecular weight is 404 g/mol. The smallest absolute Gasteiger partial charge is 0.405 e. The van der Waals surface area contributed by atoms with Crippen molar-refractivity contribution in [1.29, 1.82) is 0 Å². The number of benzene rings is 1. The van der Waals surface area contributed by atoms with E-state index in [0.717, 1.165) is 43.1 Å². The molecule has 0 bridgehead atoms. The quantitative estimate of drug-likeness (QED) is 0.656. The Hall–Kier alpha value is -2.65. The van der Waals surface area contributed by atoms with Gasteiger partial charge in [-0.15, -0.1) is 11.3 Å². The maximum atomic E-state index is 11.7. The minimum atomic E-state index is -1.24. The van der Waals surface area contributed by atoms with Crippen LogP contribution in [0.5, 0.6) is 0 Å². The largest absolute Gasteiger partial charge is 0.465 e. The van der Waals surface area contributed by atoms with Crippen LogP contribution in [0, 0.1) is 5.92 Å². The normalized spacial score (nSPS) is 16.6. The molecule has 1 aliphatic rings. The number of aromatic nitrogens is 1. The first kappa shape index (κ1) is 20.1. The third-order valence-corrected chi connectivity index (χ3v) is 5.34. The number of rotatable bonds is 7. The topological polar surface area (TPSA) is 104 Å². The van der Waals surface area contributed by atoms with E-state index in [1.807, 2.05) is 22.8 Å². The summed E-state index contributed by atoms with van der Waals surface area (Å²) in [7, 11) is 1.75. The Bertz CT molecular complexity index is 824. The fraction of sp³-hybridized carbons (Fsp3) is 0.421. The Morgan fingerprint density at radius 3 is 3.07 bits per heavy atom. The molecule has 0 saturated carbocycles. The van der Waals surface area contributed by atoms with Gasteiger partial charge in [-0.1, -0.05) is 12.1 Å². The van der Waals surface area contributed by atoms with Crippen molar-refractivity contribution in [3.63, 3.8) is 0 Å². The summed E-state index contributed by atoms with van der Waals surface area (Å²) >= 11 is 1.31. The van der Waals surface area contributed by atoms with Gasteiger partial charge < -0.3 is 25.4 Å². The van der Waals surface area contributed by atoms with Crippen molar-refractivity contribution in [3.8, 4) is 11.3 Å². The fourth-order valence-electron chi connectivity index (χ4n) is 3.32. The van der Waals surface area contributed by atoms with Crippen LogP contribution in [-0.4, -0.2) is 55.4 Å². The molecule has 1 atom stereocenters. The highest BCUT2D eigenvalue weighted by Crippen LogP contribution is 2.30. The van der Waals surface area contributed by atoms with Crippen molar-refractivity contribution >= 4 is 34.2 Å². The molecule has 2 amide bonds. The van der Waals surface area contributed by atoms with Crippen molar-refractivity contribution in [1.82, 2.24) is 10.3 Å². The predicted octanol–water partition coefficient (Wildman–Crippen LogP) is 2.88. The third kappa shape index (κ3) is 5.43. The lowest BCUT2D eigenvalue weighted by molar-refractivity contribution is -0.115. The summed E-state index contributed by atoms with van der Waals surface area (Å²) in [6.07, 6.45) is 1.10. The molecular formula is C19H24N4O4S. The standard InChI is InChI=1S/C19H24N4O4S/c1-27-11-13-4-3-7-23(10-13)15-6-2-5-14(8-15)16-12-28-18(21-16)22-17(24)9-20-19(25)26/h2,5-6,8,12-13,20H,3-4,7,9-11H2,1H3,(H,25,26)(H,21,22,24). The number of methoxy groups -OCH3 is 1. The van der Waals surface area contributed by atoms with Crippen LogP contribution in [0.2, 0.25) is 0 Å². The highest BCUT2D eigenvalue weighted by Gasteiger charge is 2.20. The van der Waals surface area contributed by atoms with Gasteiger partial charge in [-0.25, -0.2) is 9.78 Å². The second-order valence-corrected chi connectivity index (χ2v) is 7.56. The number of carbonyl (C=O) groups excluding carboxylic acids is 1. The zero-order chi connectivity index (χ0) is 19.9. The number of ether oxygens (including phenoxy) is 1. The molecule has 1 unspecified atom stereocenters. The number of carboxylic acid groups (broad SMARTS) is 1. The Balaban J connectivity index is 1.66. The highest BCUT2D eigenvalue weighted by atomic mass is 32.1. The number of amides is 2. The molecule has 28 heavy (non-hydrogen) atoms. The minimum Gasteiger partial charge on any atom is -0.465 e. The van der Waals surface area contributed by atoms with Crippen LogP contribution in [0.25, 0.3) is 11.3 Å². The molecule has 0 radical (unpaired) electrons. The first-order chi connectivity index (χ1) is 13.5. The Morgan fingerprint density at radius 1 is 1.43 bits per heavy atom. The summed E-state index contributed by atoms with van der Waals surface area (Å²) in [5, 5.41) is 15.5. The van der Waals surface area contributed by atoms with Crippen molar-refractivity contribution in [2.45, 2.75) is 12.8 Å². The van der Waals surface area contributed by atoms with Gasteiger partial charge in [0, 0.05) is 36.8 Å². The van der Waals surface area contributed by atoms with Gasteiger partial charge in [-0.05, 0) is 30.9 Å². The zero-order valence-corrected chi connectivity index (χ0v) is 16.5. The van der Waals surface area contributed by atoms with Gasteiger partial charge in [0.15, 0.2) is 5.13 Å². The molecule has 1 aromatic heterocycles. The maximum Gasteiger partial charge on any atom is 0.405 e. The van der Waals surface area contributed by atoms with E-state index in [0.29, 0.717) is 11.0 Å². The van der Waals surface area contributed by atoms with Crippen molar-refractivity contribution < 1.29 is 19.4 Å². The van der Waals surface area contributed by atoms with Crippen LogP contribution in [0.4, 0.5) is 15.6 Å². The van der Waals surface area contributed by atoms with Gasteiger partial charge in [-0.2, -0.15) is 0 Å². The highest BCUT2D eigenvalue weighted by molar-refractivity contribution is 7.14. The molecule has 1 aromatic carbocycles. The number of nitrogens with zero attached hydrogens (tertiary/aromatic N) is 2. The molecule has 2 heterocycles. The van der Waals surface area contributed by atoms with Crippen LogP contribution in [0.1, 0.15) is 12.8 Å². The second kappa shape index (κ2) is 9.52. The molecule has 0 spiro atoms. The summed E-state index contributed by atoms with van der Waals surface area (Å²) in [5.74, 6) is 0.0949. The fourth-order valence-corrected chi connectivity index (χ4v) is 4.05. The van der Waals surface area contributed by atoms with E-state index in [-0.39, 0.29) is 6.54 Å². The monoisotopic (exact) mass is 404 g/mol. The molecule has 1 fully saturated rings. The van der Waals surface area contributed by atoms with Gasteiger partial charge in [0.2, 0.25) is 5.91 Å². The van der Waals surface area contributed by atoms with E-state index < -0.39 is 12.0 Å². The summed E-state index contributed by atoms with van der Waals surface area (Å²) in [5.41, 5.74) is 2.91. The Kier molecular flexibility index (Phi) is 6.83. The van der Waals surface area contributed by atoms with Gasteiger partial charge in [0.25, 0.3) is 0 Å². The van der Waals surface area contributed by atoms with E-state index in [4.69, 9.17) is 9.84 Å². The van der Waals surface area contributed by atoms with E-state index >= 15 is 0 Å². The maximum absolute atomic E-state index is 11.7. The van der Waals surface area contributed by atoms with Crippen LogP contribution < -0.4 is 15.5 Å². The Morgan fingerprint density at radius 2 is 2.29 bits per heavy atom. The number of nitrogens with one attached hydrogen (secondary N) is 2. The van der Waals surface area contributed by atoms with Gasteiger partial charge in [0.05, 0.1) is 12.3 Å². The van der Waals surface area contributed by atoms with E-state index in [9.17, 15) is 9.59 Å². The lowest BCUT2D eigenvalue weighted by Crippen LogP contribution is -2.37. The molecule has 150 valence electrons. The van der Waals surface area contributed by atoms with E-state index in [1.54, 1.807) is 7.11 Å². The van der Waals surface area contributed by atoms with Crippen LogP contribution >= 0.6 is 11.3 Å². The molecule has 1 saturated heterocycles. The number of hydrogen-bond acceptors (Lipinski definition) is 6. The number of thiazole rings is 1. The molecule has 8 nitrogen and oxygen atoms in total. The SMILES string of the molecule is COCC1CCCN(c2cccc(-c3csc(NC(=O)CNC(=O)O)n3)c2)C1. The first-order valence-electron chi connectivity index (χ1n) is 9.11. The minimum absolute atomic E-state index is 0.308. The molecule has 9 heteroatoms. The second-order valence-electron chi connectivity index (χ2n) is 6.70. The average Bonchev–Trinajstić information content (AvgIpc) is 3.15. The predicted molar refractivity (Wildman–Crippen MR) is 109 cm³/mol. The number of piperidine rings is 1. The van der Waals surface area contributed by atoms with Gasteiger partial charge in [-0.3, -0.25) is 4.79 Å². The number of hydrogen-bond donors (Lipinski definition) is 3. The number of carbonyl (C=O) groups is 2. The third-order valence-electron chi connectivity index (χ3n) is 4.58. The van der Waals surface area contributed by atoms with E-state index in [2.05, 4.69) is 27.3 Å². The summed E-state index contributed by atoms with van der Waals surface area (Å²) in [6.45, 7) is 2.48. The lowest BCUT2D eigenvalue weighted by Gasteiger charge is -2.34. The van der Waals surface area contributed by atoms with E-state index in [1.165, 1.54) is 17.8 Å². The van der Waals surface area contributed by atoms with Crippen molar-refractivity contribution in [2.75, 3.05) is 43.6 Å². The van der Waals surface area contributed by atoms with Gasteiger partial charge >= 0.3 is 6.09 Å².